The normalized spacial score (nSPS) is 11.3. The zero-order chi connectivity index (χ0) is 19.3. The lowest BCUT2D eigenvalue weighted by Crippen LogP contribution is -2.34. The fourth-order valence-electron chi connectivity index (χ4n) is 2.13. The molecule has 0 aliphatic rings. The molecular formula is C17H19N3O4S2. The zero-order valence-electron chi connectivity index (χ0n) is 14.3. The van der Waals surface area contributed by atoms with Gasteiger partial charge in [-0.25, -0.2) is 8.42 Å². The molecule has 7 nitrogen and oxygen atoms in total. The molecule has 9 heteroatoms. The van der Waals surface area contributed by atoms with E-state index in [4.69, 9.17) is 5.73 Å². The molecule has 26 heavy (non-hydrogen) atoms. The van der Waals surface area contributed by atoms with Crippen molar-refractivity contribution in [2.75, 3.05) is 25.2 Å². The molecule has 2 amide bonds. The van der Waals surface area contributed by atoms with Gasteiger partial charge in [0.25, 0.3) is 0 Å². The van der Waals surface area contributed by atoms with E-state index in [0.717, 1.165) is 9.20 Å². The van der Waals surface area contributed by atoms with Crippen molar-refractivity contribution in [1.29, 1.82) is 0 Å². The van der Waals surface area contributed by atoms with Crippen LogP contribution in [-0.2, 0) is 14.8 Å². The van der Waals surface area contributed by atoms with Crippen LogP contribution in [0.5, 0.6) is 0 Å². The molecule has 0 aliphatic heterocycles. The van der Waals surface area contributed by atoms with Crippen molar-refractivity contribution in [3.8, 4) is 0 Å². The second-order valence-electron chi connectivity index (χ2n) is 5.43. The van der Waals surface area contributed by atoms with Gasteiger partial charge in [0, 0.05) is 23.2 Å². The van der Waals surface area contributed by atoms with Gasteiger partial charge in [-0.3, -0.25) is 9.59 Å². The summed E-state index contributed by atoms with van der Waals surface area (Å²) in [5.74, 6) is -1.06. The van der Waals surface area contributed by atoms with Crippen molar-refractivity contribution in [3.05, 3.63) is 54.1 Å². The molecule has 2 rings (SSSR count). The first-order valence-electron chi connectivity index (χ1n) is 7.54. The minimum atomic E-state index is -3.77. The van der Waals surface area contributed by atoms with Gasteiger partial charge in [-0.15, -0.1) is 11.8 Å². The first-order valence-corrected chi connectivity index (χ1v) is 10.2. The highest BCUT2D eigenvalue weighted by Gasteiger charge is 2.23. The fourth-order valence-corrected chi connectivity index (χ4v) is 3.67. The first kappa shape index (κ1) is 20.0. The number of carbonyl (C=O) groups excluding carboxylic acids is 2. The standard InChI is InChI=1S/C17H19N3O4S2/c1-20(26(23,24)15-9-7-14(25-2)8-10-15)11-16(21)19-13-5-3-12(4-6-13)17(18)22/h3-10H,11H2,1-2H3,(H2,18,22)(H,19,21). The first-order chi connectivity index (χ1) is 12.2. The largest absolute Gasteiger partial charge is 0.366 e. The topological polar surface area (TPSA) is 110 Å². The van der Waals surface area contributed by atoms with Crippen LogP contribution in [-0.4, -0.2) is 44.4 Å². The SMILES string of the molecule is CSc1ccc(S(=O)(=O)N(C)CC(=O)Nc2ccc(C(N)=O)cc2)cc1. The molecule has 2 aromatic rings. The Morgan fingerprint density at radius 2 is 1.65 bits per heavy atom. The number of thioether (sulfide) groups is 1. The third-order valence-electron chi connectivity index (χ3n) is 3.59. The summed E-state index contributed by atoms with van der Waals surface area (Å²) < 4.78 is 26.0. The number of nitrogens with one attached hydrogen (secondary N) is 1. The van der Waals surface area contributed by atoms with Gasteiger partial charge >= 0.3 is 0 Å². The number of nitrogens with two attached hydrogens (primary N) is 1. The molecule has 0 spiro atoms. The fraction of sp³-hybridized carbons (Fsp3) is 0.176. The maximum atomic E-state index is 12.5. The van der Waals surface area contributed by atoms with Crippen molar-refractivity contribution < 1.29 is 18.0 Å². The van der Waals surface area contributed by atoms with Gasteiger partial charge in [-0.1, -0.05) is 0 Å². The van der Waals surface area contributed by atoms with Crippen molar-refractivity contribution in [2.24, 2.45) is 5.73 Å². The molecule has 0 aromatic heterocycles. The van der Waals surface area contributed by atoms with Gasteiger partial charge in [-0.2, -0.15) is 4.31 Å². The Morgan fingerprint density at radius 3 is 2.15 bits per heavy atom. The average molecular weight is 393 g/mol. The van der Waals surface area contributed by atoms with Crippen LogP contribution in [0, 0.1) is 0 Å². The maximum absolute atomic E-state index is 12.5. The summed E-state index contributed by atoms with van der Waals surface area (Å²) >= 11 is 1.51. The number of carbonyl (C=O) groups is 2. The molecule has 2 aromatic carbocycles. The second kappa shape index (κ2) is 8.35. The van der Waals surface area contributed by atoms with Gasteiger partial charge in [-0.05, 0) is 54.8 Å². The Morgan fingerprint density at radius 1 is 1.08 bits per heavy atom. The molecule has 0 bridgehead atoms. The molecule has 0 saturated heterocycles. The van der Waals surface area contributed by atoms with Crippen LogP contribution in [0.4, 0.5) is 5.69 Å². The summed E-state index contributed by atoms with van der Waals surface area (Å²) in [6, 6.07) is 12.5. The van der Waals surface area contributed by atoms with Crippen LogP contribution >= 0.6 is 11.8 Å². The van der Waals surface area contributed by atoms with E-state index in [0.29, 0.717) is 11.3 Å². The summed E-state index contributed by atoms with van der Waals surface area (Å²) in [5.41, 5.74) is 5.91. The minimum Gasteiger partial charge on any atom is -0.366 e. The van der Waals surface area contributed by atoms with E-state index in [1.165, 1.54) is 55.2 Å². The van der Waals surface area contributed by atoms with Crippen LogP contribution in [0.25, 0.3) is 0 Å². The molecule has 0 aliphatic carbocycles. The van der Waals surface area contributed by atoms with E-state index in [1.54, 1.807) is 12.1 Å². The van der Waals surface area contributed by atoms with Crippen molar-refractivity contribution in [2.45, 2.75) is 9.79 Å². The number of rotatable bonds is 7. The molecule has 0 unspecified atom stereocenters. The molecule has 138 valence electrons. The molecular weight excluding hydrogens is 374 g/mol. The van der Waals surface area contributed by atoms with E-state index >= 15 is 0 Å². The van der Waals surface area contributed by atoms with Gasteiger partial charge in [0.2, 0.25) is 21.8 Å². The number of sulfonamides is 1. The third-order valence-corrected chi connectivity index (χ3v) is 6.15. The molecule has 3 N–H and O–H groups in total. The number of hydrogen-bond acceptors (Lipinski definition) is 5. The highest BCUT2D eigenvalue weighted by molar-refractivity contribution is 7.98. The van der Waals surface area contributed by atoms with E-state index in [9.17, 15) is 18.0 Å². The number of amides is 2. The Hall–Kier alpha value is -2.36. The maximum Gasteiger partial charge on any atom is 0.248 e. The van der Waals surface area contributed by atoms with Crippen LogP contribution in [0.15, 0.2) is 58.3 Å². The quantitative estimate of drug-likeness (QED) is 0.697. The molecule has 0 atom stereocenters. The van der Waals surface area contributed by atoms with Gasteiger partial charge in [0.15, 0.2) is 0 Å². The number of primary amides is 1. The van der Waals surface area contributed by atoms with E-state index in [2.05, 4.69) is 5.32 Å². The lowest BCUT2D eigenvalue weighted by molar-refractivity contribution is -0.116. The smallest absolute Gasteiger partial charge is 0.248 e. The summed E-state index contributed by atoms with van der Waals surface area (Å²) in [6.07, 6.45) is 1.90. The summed E-state index contributed by atoms with van der Waals surface area (Å²) in [4.78, 5) is 24.2. The molecule has 0 heterocycles. The Kier molecular flexibility index (Phi) is 6.41. The summed E-state index contributed by atoms with van der Waals surface area (Å²) in [5, 5.41) is 2.58. The van der Waals surface area contributed by atoms with E-state index < -0.39 is 21.8 Å². The summed E-state index contributed by atoms with van der Waals surface area (Å²) in [6.45, 7) is -0.343. The number of hydrogen-bond donors (Lipinski definition) is 2. The predicted octanol–water partition coefficient (Wildman–Crippen LogP) is 1.77. The summed E-state index contributed by atoms with van der Waals surface area (Å²) in [7, 11) is -2.43. The van der Waals surface area contributed by atoms with Crippen LogP contribution in [0.2, 0.25) is 0 Å². The van der Waals surface area contributed by atoms with Crippen molar-refractivity contribution in [1.82, 2.24) is 4.31 Å². The molecule has 0 saturated carbocycles. The monoisotopic (exact) mass is 393 g/mol. The van der Waals surface area contributed by atoms with Gasteiger partial charge < -0.3 is 11.1 Å². The van der Waals surface area contributed by atoms with Crippen LogP contribution < -0.4 is 11.1 Å². The second-order valence-corrected chi connectivity index (χ2v) is 8.35. The van der Waals surface area contributed by atoms with Crippen LogP contribution in [0.1, 0.15) is 10.4 Å². The van der Waals surface area contributed by atoms with E-state index in [-0.39, 0.29) is 11.4 Å². The number of anilines is 1. The highest BCUT2D eigenvalue weighted by Crippen LogP contribution is 2.20. The molecule has 0 fully saturated rings. The Bertz CT molecular complexity index is 895. The van der Waals surface area contributed by atoms with Gasteiger partial charge in [0.1, 0.15) is 0 Å². The zero-order valence-corrected chi connectivity index (χ0v) is 15.9. The van der Waals surface area contributed by atoms with Crippen molar-refractivity contribution in [3.63, 3.8) is 0 Å². The number of likely N-dealkylation sites (N-methyl/N-ethyl adjacent to an activating group) is 1. The predicted molar refractivity (Wildman–Crippen MR) is 102 cm³/mol. The lowest BCUT2D eigenvalue weighted by Gasteiger charge is -2.17. The van der Waals surface area contributed by atoms with Crippen LogP contribution in [0.3, 0.4) is 0 Å². The number of nitrogens with zero attached hydrogens (tertiary/aromatic N) is 1. The highest BCUT2D eigenvalue weighted by atomic mass is 32.2. The third kappa shape index (κ3) is 4.84. The Balaban J connectivity index is 2.03. The molecule has 0 radical (unpaired) electrons. The minimum absolute atomic E-state index is 0.122. The van der Waals surface area contributed by atoms with Crippen molar-refractivity contribution >= 4 is 39.3 Å². The average Bonchev–Trinajstić information content (AvgIpc) is 2.62. The van der Waals surface area contributed by atoms with Gasteiger partial charge in [0.05, 0.1) is 11.4 Å². The Labute approximate surface area is 156 Å². The number of benzene rings is 2. The lowest BCUT2D eigenvalue weighted by atomic mass is 10.2. The van der Waals surface area contributed by atoms with E-state index in [1.807, 2.05) is 6.26 Å².